The number of aryl methyl sites for hydroxylation is 3. The SMILES string of the molecule is Cc1nn(C)c(C)c1C(=O)Nc1nn(C)cc1CN. The van der Waals surface area contributed by atoms with Gasteiger partial charge in [0.1, 0.15) is 0 Å². The van der Waals surface area contributed by atoms with E-state index >= 15 is 0 Å². The zero-order valence-corrected chi connectivity index (χ0v) is 11.6. The van der Waals surface area contributed by atoms with Crippen molar-refractivity contribution in [3.8, 4) is 0 Å². The van der Waals surface area contributed by atoms with E-state index in [1.165, 1.54) is 0 Å². The molecule has 2 aromatic heterocycles. The number of nitrogens with one attached hydrogen (secondary N) is 1. The van der Waals surface area contributed by atoms with Gasteiger partial charge in [-0.3, -0.25) is 14.2 Å². The Morgan fingerprint density at radius 2 is 2.05 bits per heavy atom. The summed E-state index contributed by atoms with van der Waals surface area (Å²) in [5.41, 5.74) is 8.52. The summed E-state index contributed by atoms with van der Waals surface area (Å²) in [6.07, 6.45) is 1.79. The molecule has 0 bridgehead atoms. The fraction of sp³-hybridized carbons (Fsp3) is 0.417. The van der Waals surface area contributed by atoms with E-state index in [1.54, 1.807) is 22.6 Å². The molecule has 19 heavy (non-hydrogen) atoms. The summed E-state index contributed by atoms with van der Waals surface area (Å²) in [5.74, 6) is 0.286. The molecule has 0 saturated heterocycles. The lowest BCUT2D eigenvalue weighted by Crippen LogP contribution is -2.16. The van der Waals surface area contributed by atoms with Crippen molar-refractivity contribution in [2.75, 3.05) is 5.32 Å². The molecular weight excluding hydrogens is 244 g/mol. The van der Waals surface area contributed by atoms with E-state index in [1.807, 2.05) is 20.9 Å². The number of aromatic nitrogens is 4. The highest BCUT2D eigenvalue weighted by atomic mass is 16.1. The number of carbonyl (C=O) groups excluding carboxylic acids is 1. The topological polar surface area (TPSA) is 90.8 Å². The molecule has 7 nitrogen and oxygen atoms in total. The Labute approximate surface area is 111 Å². The summed E-state index contributed by atoms with van der Waals surface area (Å²) in [7, 11) is 3.60. The molecule has 102 valence electrons. The maximum absolute atomic E-state index is 12.3. The standard InChI is InChI=1S/C12H18N6O/c1-7-10(8(2)18(4)15-7)12(19)14-11-9(5-13)6-17(3)16-11/h6H,5,13H2,1-4H3,(H,14,16,19). The van der Waals surface area contributed by atoms with Crippen LogP contribution in [0.15, 0.2) is 6.20 Å². The van der Waals surface area contributed by atoms with Gasteiger partial charge in [0.2, 0.25) is 0 Å². The monoisotopic (exact) mass is 262 g/mol. The summed E-state index contributed by atoms with van der Waals surface area (Å²) in [5, 5.41) is 11.2. The van der Waals surface area contributed by atoms with Crippen LogP contribution in [0.1, 0.15) is 27.3 Å². The fourth-order valence-corrected chi connectivity index (χ4v) is 2.06. The minimum Gasteiger partial charge on any atom is -0.326 e. The lowest BCUT2D eigenvalue weighted by atomic mass is 10.2. The van der Waals surface area contributed by atoms with Gasteiger partial charge in [-0.15, -0.1) is 0 Å². The first kappa shape index (κ1) is 13.3. The fourth-order valence-electron chi connectivity index (χ4n) is 2.06. The number of anilines is 1. The number of carbonyl (C=O) groups is 1. The van der Waals surface area contributed by atoms with Crippen LogP contribution >= 0.6 is 0 Å². The summed E-state index contributed by atoms with van der Waals surface area (Å²) >= 11 is 0. The first-order valence-electron chi connectivity index (χ1n) is 5.98. The van der Waals surface area contributed by atoms with Crippen LogP contribution in [-0.2, 0) is 20.6 Å². The lowest BCUT2D eigenvalue weighted by Gasteiger charge is -2.04. The number of nitrogens with zero attached hydrogens (tertiary/aromatic N) is 4. The van der Waals surface area contributed by atoms with Gasteiger partial charge in [-0.2, -0.15) is 10.2 Å². The van der Waals surface area contributed by atoms with Gasteiger partial charge >= 0.3 is 0 Å². The van der Waals surface area contributed by atoms with Crippen LogP contribution in [0.25, 0.3) is 0 Å². The van der Waals surface area contributed by atoms with Gasteiger partial charge in [0.25, 0.3) is 5.91 Å². The predicted octanol–water partition coefficient (Wildman–Crippen LogP) is 0.481. The van der Waals surface area contributed by atoms with E-state index in [4.69, 9.17) is 5.73 Å². The van der Waals surface area contributed by atoms with E-state index in [-0.39, 0.29) is 5.91 Å². The Morgan fingerprint density at radius 1 is 1.37 bits per heavy atom. The second-order valence-electron chi connectivity index (χ2n) is 4.50. The third kappa shape index (κ3) is 2.37. The summed E-state index contributed by atoms with van der Waals surface area (Å²) < 4.78 is 3.31. The molecule has 0 saturated carbocycles. The van der Waals surface area contributed by atoms with Crippen molar-refractivity contribution >= 4 is 11.7 Å². The average molecular weight is 262 g/mol. The molecule has 7 heteroatoms. The normalized spacial score (nSPS) is 10.8. The third-order valence-electron chi connectivity index (χ3n) is 3.09. The van der Waals surface area contributed by atoms with Crippen LogP contribution in [0.2, 0.25) is 0 Å². The van der Waals surface area contributed by atoms with Crippen molar-refractivity contribution in [3.63, 3.8) is 0 Å². The molecule has 2 rings (SSSR count). The summed E-state index contributed by atoms with van der Waals surface area (Å²) in [6.45, 7) is 4.00. The molecule has 1 amide bonds. The van der Waals surface area contributed by atoms with Gasteiger partial charge in [0.05, 0.1) is 11.3 Å². The van der Waals surface area contributed by atoms with Gasteiger partial charge in [-0.1, -0.05) is 0 Å². The second-order valence-corrected chi connectivity index (χ2v) is 4.50. The van der Waals surface area contributed by atoms with Gasteiger partial charge in [-0.25, -0.2) is 0 Å². The molecule has 2 heterocycles. The number of amides is 1. The van der Waals surface area contributed by atoms with Crippen LogP contribution in [0.5, 0.6) is 0 Å². The molecule has 0 atom stereocenters. The molecule has 3 N–H and O–H groups in total. The molecule has 2 aromatic rings. The lowest BCUT2D eigenvalue weighted by molar-refractivity contribution is 0.102. The van der Waals surface area contributed by atoms with Gasteiger partial charge in [-0.05, 0) is 13.8 Å². The minimum atomic E-state index is -0.212. The zero-order valence-electron chi connectivity index (χ0n) is 11.6. The number of hydrogen-bond donors (Lipinski definition) is 2. The predicted molar refractivity (Wildman–Crippen MR) is 71.7 cm³/mol. The minimum absolute atomic E-state index is 0.212. The Morgan fingerprint density at radius 3 is 2.58 bits per heavy atom. The van der Waals surface area contributed by atoms with Crippen LogP contribution in [0, 0.1) is 13.8 Å². The van der Waals surface area contributed by atoms with E-state index in [0.29, 0.717) is 23.6 Å². The summed E-state index contributed by atoms with van der Waals surface area (Å²) in [6, 6.07) is 0. The highest BCUT2D eigenvalue weighted by molar-refractivity contribution is 6.05. The maximum atomic E-state index is 12.3. The van der Waals surface area contributed by atoms with Crippen molar-refractivity contribution in [2.45, 2.75) is 20.4 Å². The van der Waals surface area contributed by atoms with Crippen molar-refractivity contribution in [3.05, 3.63) is 28.7 Å². The second kappa shape index (κ2) is 4.85. The zero-order chi connectivity index (χ0) is 14.2. The quantitative estimate of drug-likeness (QED) is 0.841. The first-order chi connectivity index (χ1) is 8.93. The maximum Gasteiger partial charge on any atom is 0.260 e. The van der Waals surface area contributed by atoms with E-state index < -0.39 is 0 Å². The van der Waals surface area contributed by atoms with Gasteiger partial charge in [0, 0.05) is 38.1 Å². The molecule has 0 radical (unpaired) electrons. The Balaban J connectivity index is 2.30. The van der Waals surface area contributed by atoms with Gasteiger partial charge < -0.3 is 11.1 Å². The van der Waals surface area contributed by atoms with Gasteiger partial charge in [0.15, 0.2) is 5.82 Å². The smallest absolute Gasteiger partial charge is 0.260 e. The average Bonchev–Trinajstić information content (AvgIpc) is 2.80. The molecule has 0 aliphatic carbocycles. The van der Waals surface area contributed by atoms with Crippen molar-refractivity contribution in [2.24, 2.45) is 19.8 Å². The highest BCUT2D eigenvalue weighted by Gasteiger charge is 2.19. The van der Waals surface area contributed by atoms with Crippen molar-refractivity contribution in [1.29, 1.82) is 0 Å². The Kier molecular flexibility index (Phi) is 3.39. The molecule has 0 unspecified atom stereocenters. The van der Waals surface area contributed by atoms with Crippen LogP contribution < -0.4 is 11.1 Å². The first-order valence-corrected chi connectivity index (χ1v) is 5.98. The van der Waals surface area contributed by atoms with E-state index in [9.17, 15) is 4.79 Å². The Hall–Kier alpha value is -2.15. The number of hydrogen-bond acceptors (Lipinski definition) is 4. The van der Waals surface area contributed by atoms with E-state index in [2.05, 4.69) is 15.5 Å². The largest absolute Gasteiger partial charge is 0.326 e. The van der Waals surface area contributed by atoms with E-state index in [0.717, 1.165) is 11.3 Å². The van der Waals surface area contributed by atoms with Crippen molar-refractivity contribution in [1.82, 2.24) is 19.6 Å². The molecule has 0 aliphatic rings. The molecule has 0 fully saturated rings. The summed E-state index contributed by atoms with van der Waals surface area (Å²) in [4.78, 5) is 12.3. The highest BCUT2D eigenvalue weighted by Crippen LogP contribution is 2.16. The van der Waals surface area contributed by atoms with Crippen molar-refractivity contribution < 1.29 is 4.79 Å². The molecule has 0 spiro atoms. The van der Waals surface area contributed by atoms with Crippen LogP contribution in [0.3, 0.4) is 0 Å². The van der Waals surface area contributed by atoms with Crippen LogP contribution in [-0.4, -0.2) is 25.5 Å². The number of nitrogens with two attached hydrogens (primary N) is 1. The Bertz CT molecular complexity index is 624. The molecular formula is C12H18N6O. The third-order valence-corrected chi connectivity index (χ3v) is 3.09. The number of rotatable bonds is 3. The molecule has 0 aliphatic heterocycles. The van der Waals surface area contributed by atoms with Crippen LogP contribution in [0.4, 0.5) is 5.82 Å². The molecule has 0 aromatic carbocycles.